The number of aliphatic hydroxyl groups is 8. The molecular weight excluding hydrogens is 1040 g/mol. The van der Waals surface area contributed by atoms with Crippen molar-refractivity contribution in [1.29, 1.82) is 0 Å². The zero-order valence-electron chi connectivity index (χ0n) is 46.5. The van der Waals surface area contributed by atoms with Crippen molar-refractivity contribution in [3.63, 3.8) is 0 Å². The monoisotopic (exact) mass is 1120 g/mol. The number of ether oxygens (including phenoxy) is 4. The van der Waals surface area contributed by atoms with Gasteiger partial charge >= 0.3 is 11.9 Å². The van der Waals surface area contributed by atoms with Crippen LogP contribution in [-0.2, 0) is 38.1 Å². The van der Waals surface area contributed by atoms with Crippen LogP contribution in [0.3, 0.4) is 0 Å². The van der Waals surface area contributed by atoms with Gasteiger partial charge in [0.2, 0.25) is 0 Å². The molecule has 1 aromatic rings. The first-order valence-electron chi connectivity index (χ1n) is 27.5. The molecule has 0 saturated carbocycles. The van der Waals surface area contributed by atoms with Crippen LogP contribution < -0.4 is 11.5 Å². The lowest BCUT2D eigenvalue weighted by molar-refractivity contribution is -0.337. The van der Waals surface area contributed by atoms with E-state index >= 15 is 0 Å². The molecule has 0 aromatic heterocycles. The number of cyclic esters (lactones) is 1. The van der Waals surface area contributed by atoms with Gasteiger partial charge in [0.15, 0.2) is 17.9 Å². The van der Waals surface area contributed by atoms with Crippen LogP contribution in [0, 0.1) is 23.7 Å². The van der Waals surface area contributed by atoms with Crippen LogP contribution in [0.15, 0.2) is 109 Å². The number of nitrogens with two attached hydrogens (primary N) is 2. The fourth-order valence-corrected chi connectivity index (χ4v) is 10.6. The van der Waals surface area contributed by atoms with E-state index in [2.05, 4.69) is 0 Å². The van der Waals surface area contributed by atoms with Gasteiger partial charge in [-0.2, -0.15) is 0 Å². The second kappa shape index (κ2) is 32.3. The molecule has 0 radical (unpaired) electrons. The Labute approximate surface area is 468 Å². The van der Waals surface area contributed by atoms with Crippen LogP contribution in [0.25, 0.3) is 0 Å². The maximum Gasteiger partial charge on any atom is 0.313 e. The number of aliphatic hydroxyl groups excluding tert-OH is 7. The lowest BCUT2D eigenvalue weighted by atomic mass is 9.74. The summed E-state index contributed by atoms with van der Waals surface area (Å²) in [5.74, 6) is -8.45. The van der Waals surface area contributed by atoms with Gasteiger partial charge in [-0.05, 0) is 75.6 Å². The van der Waals surface area contributed by atoms with E-state index in [1.807, 2.05) is 26.8 Å². The highest BCUT2D eigenvalue weighted by molar-refractivity contribution is 5.97. The third-order valence-electron chi connectivity index (χ3n) is 14.8. The van der Waals surface area contributed by atoms with E-state index in [0.717, 1.165) is 0 Å². The molecule has 3 aliphatic rings. The van der Waals surface area contributed by atoms with Gasteiger partial charge < -0.3 is 76.4 Å². The first kappa shape index (κ1) is 67.2. The molecule has 2 fully saturated rings. The molecule has 3 aliphatic heterocycles. The minimum Gasteiger partial charge on any atom is -0.481 e. The van der Waals surface area contributed by atoms with Gasteiger partial charge in [-0.3, -0.25) is 24.0 Å². The van der Waals surface area contributed by atoms with E-state index in [9.17, 15) is 69.9 Å². The molecular formula is C60H86N2O18. The Morgan fingerprint density at radius 3 is 1.93 bits per heavy atom. The SMILES string of the molecule is CC1/C=C/C=C/C=C/C=C/C=C/C=C/C=C/C(OC2OC(C)C(O)C(N)C2O)CC2(C)OC(O)(CC(O)CC(O)CC(O)CC(=O)CCCC(=O)CC(=O)OC1C(C)CC(C)C(O)CC(=O)c1ccc(N)cc1)CC(O)C2C(=O)O. The summed E-state index contributed by atoms with van der Waals surface area (Å²) in [6.07, 6.45) is 6.98. The molecule has 20 heteroatoms. The number of carbonyl (C=O) groups excluding carboxylic acids is 4. The molecule has 0 spiro atoms. The fourth-order valence-electron chi connectivity index (χ4n) is 10.6. The molecule has 2 bridgehead atoms. The molecule has 4 rings (SSSR count). The van der Waals surface area contributed by atoms with E-state index in [1.54, 1.807) is 97.2 Å². The number of allylic oxidation sites excluding steroid dienone is 12. The second-order valence-electron chi connectivity index (χ2n) is 22.1. The number of carboxylic acids is 1. The van der Waals surface area contributed by atoms with Crippen LogP contribution in [0.2, 0.25) is 0 Å². The van der Waals surface area contributed by atoms with Crippen LogP contribution in [-0.4, -0.2) is 160 Å². The quantitative estimate of drug-likeness (QED) is 0.0678. The number of rotatable bonds is 10. The summed E-state index contributed by atoms with van der Waals surface area (Å²) >= 11 is 0. The average molecular weight is 1120 g/mol. The largest absolute Gasteiger partial charge is 0.481 e. The van der Waals surface area contributed by atoms with Crippen molar-refractivity contribution in [3.8, 4) is 0 Å². The number of carbonyl (C=O) groups is 5. The van der Waals surface area contributed by atoms with Gasteiger partial charge in [0.05, 0.1) is 60.5 Å². The predicted molar refractivity (Wildman–Crippen MR) is 297 cm³/mol. The highest BCUT2D eigenvalue weighted by Gasteiger charge is 2.57. The normalized spacial score (nSPS) is 37.6. The molecule has 0 amide bonds. The summed E-state index contributed by atoms with van der Waals surface area (Å²) < 4.78 is 24.0. The van der Waals surface area contributed by atoms with Gasteiger partial charge in [0, 0.05) is 62.1 Å². The molecule has 80 heavy (non-hydrogen) atoms. The van der Waals surface area contributed by atoms with Crippen LogP contribution in [0.4, 0.5) is 5.69 Å². The Kier molecular flexibility index (Phi) is 27.2. The molecule has 13 N–H and O–H groups in total. The van der Waals surface area contributed by atoms with E-state index in [4.69, 9.17) is 30.4 Å². The van der Waals surface area contributed by atoms with E-state index in [0.29, 0.717) is 17.7 Å². The van der Waals surface area contributed by atoms with E-state index in [-0.39, 0.29) is 62.1 Å². The second-order valence-corrected chi connectivity index (χ2v) is 22.1. The molecule has 3 heterocycles. The molecule has 20 nitrogen and oxygen atoms in total. The van der Waals surface area contributed by atoms with Gasteiger partial charge in [-0.25, -0.2) is 0 Å². The van der Waals surface area contributed by atoms with E-state index in [1.165, 1.54) is 19.9 Å². The van der Waals surface area contributed by atoms with Crippen molar-refractivity contribution in [1.82, 2.24) is 0 Å². The third-order valence-corrected chi connectivity index (χ3v) is 14.8. The van der Waals surface area contributed by atoms with E-state index < -0.39 is 146 Å². The smallest absolute Gasteiger partial charge is 0.313 e. The van der Waals surface area contributed by atoms with Crippen molar-refractivity contribution in [2.24, 2.45) is 29.4 Å². The minimum atomic E-state index is -2.36. The number of anilines is 1. The summed E-state index contributed by atoms with van der Waals surface area (Å²) in [4.78, 5) is 64.9. The highest BCUT2D eigenvalue weighted by atomic mass is 16.7. The molecule has 444 valence electrons. The zero-order valence-corrected chi connectivity index (χ0v) is 46.5. The summed E-state index contributed by atoms with van der Waals surface area (Å²) in [7, 11) is 0. The van der Waals surface area contributed by atoms with Gasteiger partial charge in [0.25, 0.3) is 0 Å². The Morgan fingerprint density at radius 2 is 1.32 bits per heavy atom. The number of fused-ring (bicyclic) bond motifs is 2. The number of aliphatic carboxylic acids is 1. The van der Waals surface area contributed by atoms with Crippen molar-refractivity contribution < 1.29 is 88.9 Å². The first-order chi connectivity index (χ1) is 37.7. The van der Waals surface area contributed by atoms with Crippen molar-refractivity contribution in [3.05, 3.63) is 115 Å². The summed E-state index contributed by atoms with van der Waals surface area (Å²) in [5.41, 5.74) is 10.8. The number of carboxylic acid groups (broad SMARTS) is 1. The maximum absolute atomic E-state index is 13.3. The van der Waals surface area contributed by atoms with Gasteiger partial charge in [-0.1, -0.05) is 106 Å². The molecule has 2 saturated heterocycles. The number of benzene rings is 1. The highest BCUT2D eigenvalue weighted by Crippen LogP contribution is 2.45. The molecule has 0 aliphatic carbocycles. The van der Waals surface area contributed by atoms with Gasteiger partial charge in [0.1, 0.15) is 36.1 Å². The summed E-state index contributed by atoms with van der Waals surface area (Å²) in [6, 6.07) is 5.26. The topological polar surface area (TPSA) is 356 Å². The molecule has 18 atom stereocenters. The number of ketones is 3. The summed E-state index contributed by atoms with van der Waals surface area (Å²) in [5, 5.41) is 98.6. The zero-order chi connectivity index (χ0) is 59.3. The number of nitrogen functional groups attached to an aromatic ring is 1. The van der Waals surface area contributed by atoms with Crippen LogP contribution in [0.1, 0.15) is 122 Å². The Balaban J connectivity index is 1.56. The predicted octanol–water partition coefficient (Wildman–Crippen LogP) is 4.16. The molecule has 1 aromatic carbocycles. The third kappa shape index (κ3) is 21.9. The Bertz CT molecular complexity index is 2380. The lowest BCUT2D eigenvalue weighted by Gasteiger charge is -2.51. The summed E-state index contributed by atoms with van der Waals surface area (Å²) in [6.45, 7) is 8.41. The number of hydrogen-bond donors (Lipinski definition) is 11. The van der Waals surface area contributed by atoms with Crippen molar-refractivity contribution >= 4 is 35.0 Å². The Hall–Kier alpha value is -5.33. The average Bonchev–Trinajstić information content (AvgIpc) is 3.35. The maximum atomic E-state index is 13.3. The minimum absolute atomic E-state index is 0.0653. The van der Waals surface area contributed by atoms with Crippen molar-refractivity contribution in [2.75, 3.05) is 5.73 Å². The first-order valence-corrected chi connectivity index (χ1v) is 27.5. The lowest BCUT2D eigenvalue weighted by Crippen LogP contribution is -2.63. The standard InChI is InChI=1S/C60H86N2O18/c1-36-19-16-14-12-10-8-6-7-9-11-13-15-17-22-47(78-58-55(73)53(62)54(72)39(4)77-58)34-59(5)52(57(74)75)50(70)35-60(76,80-59)33-46(67)30-45(66)29-44(65)28-42(63)20-18-21-43(64)31-51(71)79-56(36)38(3)27-37(2)48(68)32-49(69)40-23-25-41(61)26-24-40/h6-17,19,22-26,36-39,44-48,50,52-56,58,65-68,70,72-73,76H,18,20-21,27-35,61-62H2,1-5H3,(H,74,75)/b7-6+,10-8+,11-9+,14-12+,15-13+,19-16+,22-17+. The Morgan fingerprint density at radius 1 is 0.762 bits per heavy atom. The molecule has 18 unspecified atom stereocenters. The van der Waals surface area contributed by atoms with Crippen LogP contribution in [0.5, 0.6) is 0 Å². The number of esters is 1. The number of hydrogen-bond acceptors (Lipinski definition) is 19. The van der Waals surface area contributed by atoms with Crippen LogP contribution >= 0.6 is 0 Å². The fraction of sp³-hybridized carbons (Fsp3) is 0.583. The van der Waals surface area contributed by atoms with Crippen molar-refractivity contribution in [2.45, 2.75) is 196 Å². The number of Topliss-reactive ketones (excluding diaryl/α,β-unsaturated/α-hetero) is 3. The van der Waals surface area contributed by atoms with Gasteiger partial charge in [-0.15, -0.1) is 0 Å².